The van der Waals surface area contributed by atoms with Gasteiger partial charge in [-0.05, 0) is 44.2 Å². The van der Waals surface area contributed by atoms with Crippen LogP contribution in [-0.4, -0.2) is 51.0 Å². The highest BCUT2D eigenvalue weighted by Gasteiger charge is 2.56. The number of nitrogens with zero attached hydrogens (tertiary/aromatic N) is 1. The van der Waals surface area contributed by atoms with E-state index >= 15 is 0 Å². The van der Waals surface area contributed by atoms with Crippen LogP contribution in [0.2, 0.25) is 0 Å². The second-order valence-electron chi connectivity index (χ2n) is 9.61. The number of carboxylic acids is 1. The molecule has 1 heterocycles. The number of amides is 2. The molecule has 4 unspecified atom stereocenters. The van der Waals surface area contributed by atoms with E-state index in [4.69, 9.17) is 5.11 Å². The number of rotatable bonds is 5. The summed E-state index contributed by atoms with van der Waals surface area (Å²) < 4.78 is 0. The maximum absolute atomic E-state index is 13.5. The number of para-hydroxylation sites is 1. The van der Waals surface area contributed by atoms with Gasteiger partial charge in [0.2, 0.25) is 11.8 Å². The third-order valence-corrected chi connectivity index (χ3v) is 7.67. The molecule has 5 rings (SSSR count). The van der Waals surface area contributed by atoms with Crippen LogP contribution in [0, 0.1) is 17.8 Å². The fourth-order valence-corrected chi connectivity index (χ4v) is 6.14. The molecule has 1 aromatic rings. The average molecular weight is 475 g/mol. The summed E-state index contributed by atoms with van der Waals surface area (Å²) >= 11 is 0. The molecule has 8 heteroatoms. The minimum Gasteiger partial charge on any atom is -0.508 e. The summed E-state index contributed by atoms with van der Waals surface area (Å²) in [5, 5.41) is 19.6. The zero-order chi connectivity index (χ0) is 25.0. The number of carboxylic acid groups (broad SMARTS) is 1. The van der Waals surface area contributed by atoms with E-state index in [0.29, 0.717) is 28.7 Å². The molecule has 8 nitrogen and oxygen atoms in total. The van der Waals surface area contributed by atoms with Crippen molar-refractivity contribution in [2.24, 2.45) is 17.8 Å². The first-order chi connectivity index (χ1) is 16.7. The van der Waals surface area contributed by atoms with E-state index in [1.54, 1.807) is 25.1 Å². The van der Waals surface area contributed by atoms with Crippen molar-refractivity contribution in [3.05, 3.63) is 64.3 Å². The topological polar surface area (TPSA) is 129 Å². The summed E-state index contributed by atoms with van der Waals surface area (Å²) in [5.74, 6) is -4.65. The molecule has 0 radical (unpaired) electrons. The molecule has 0 bridgehead atoms. The molecule has 1 fully saturated rings. The predicted molar refractivity (Wildman–Crippen MR) is 123 cm³/mol. The Morgan fingerprint density at radius 3 is 2.54 bits per heavy atom. The Morgan fingerprint density at radius 2 is 1.83 bits per heavy atom. The summed E-state index contributed by atoms with van der Waals surface area (Å²) in [6, 6.07) is 6.65. The first kappa shape index (κ1) is 23.0. The normalized spacial score (nSPS) is 27.9. The van der Waals surface area contributed by atoms with Crippen molar-refractivity contribution in [2.75, 3.05) is 6.54 Å². The first-order valence-corrected chi connectivity index (χ1v) is 11.8. The molecule has 2 amide bonds. The van der Waals surface area contributed by atoms with Crippen molar-refractivity contribution in [1.82, 2.24) is 4.90 Å². The van der Waals surface area contributed by atoms with Crippen LogP contribution in [0.1, 0.15) is 44.1 Å². The Kier molecular flexibility index (Phi) is 5.54. The quantitative estimate of drug-likeness (QED) is 0.381. The van der Waals surface area contributed by atoms with Gasteiger partial charge in [0.15, 0.2) is 11.6 Å². The fraction of sp³-hybridized carbons (Fsp3) is 0.370. The van der Waals surface area contributed by atoms with Gasteiger partial charge in [-0.1, -0.05) is 29.8 Å². The number of carbonyl (C=O) groups excluding carboxylic acids is 4. The molecule has 3 aliphatic carbocycles. The monoisotopic (exact) mass is 475 g/mol. The molecule has 2 N–H and O–H groups in total. The van der Waals surface area contributed by atoms with Crippen LogP contribution >= 0.6 is 0 Å². The number of ketones is 2. The summed E-state index contributed by atoms with van der Waals surface area (Å²) in [4.78, 5) is 65.0. The number of Topliss-reactive ketones (excluding diaryl/α,β-unsaturated/α-hetero) is 1. The van der Waals surface area contributed by atoms with E-state index in [2.05, 4.69) is 0 Å². The molecular formula is C27H25NO7. The van der Waals surface area contributed by atoms with Crippen LogP contribution in [0.25, 0.3) is 0 Å². The van der Waals surface area contributed by atoms with Gasteiger partial charge in [0.1, 0.15) is 5.75 Å². The van der Waals surface area contributed by atoms with Gasteiger partial charge in [0, 0.05) is 41.2 Å². The van der Waals surface area contributed by atoms with Gasteiger partial charge in [-0.3, -0.25) is 28.9 Å². The number of hydrogen-bond donors (Lipinski definition) is 2. The van der Waals surface area contributed by atoms with Crippen molar-refractivity contribution in [2.45, 2.75) is 38.5 Å². The summed E-state index contributed by atoms with van der Waals surface area (Å²) in [7, 11) is 0. The van der Waals surface area contributed by atoms with E-state index in [1.165, 1.54) is 12.1 Å². The van der Waals surface area contributed by atoms with E-state index in [-0.39, 0.29) is 54.9 Å². The van der Waals surface area contributed by atoms with Gasteiger partial charge < -0.3 is 10.2 Å². The highest BCUT2D eigenvalue weighted by molar-refractivity contribution is 6.23. The lowest BCUT2D eigenvalue weighted by Gasteiger charge is -2.42. The number of aromatic hydroxyl groups is 1. The summed E-state index contributed by atoms with van der Waals surface area (Å²) in [6.07, 6.45) is 3.72. The second-order valence-corrected chi connectivity index (χ2v) is 9.61. The maximum atomic E-state index is 13.5. The molecule has 0 spiro atoms. The van der Waals surface area contributed by atoms with Crippen LogP contribution in [0.4, 0.5) is 0 Å². The van der Waals surface area contributed by atoms with Crippen LogP contribution < -0.4 is 0 Å². The number of phenols is 1. The number of benzene rings is 1. The molecule has 1 aromatic carbocycles. The number of fused-ring (bicyclic) bond motifs is 3. The Morgan fingerprint density at radius 1 is 1.09 bits per heavy atom. The fourth-order valence-electron chi connectivity index (χ4n) is 6.14. The zero-order valence-corrected chi connectivity index (χ0v) is 19.2. The molecule has 0 saturated carbocycles. The lowest BCUT2D eigenvalue weighted by Crippen LogP contribution is -2.39. The smallest absolute Gasteiger partial charge is 0.303 e. The van der Waals surface area contributed by atoms with E-state index < -0.39 is 29.6 Å². The van der Waals surface area contributed by atoms with Gasteiger partial charge >= 0.3 is 5.97 Å². The van der Waals surface area contributed by atoms with E-state index in [1.807, 2.05) is 6.08 Å². The lowest BCUT2D eigenvalue weighted by molar-refractivity contribution is -0.142. The number of likely N-dealkylation sites (tertiary alicyclic amines) is 1. The van der Waals surface area contributed by atoms with Crippen molar-refractivity contribution in [3.8, 4) is 5.75 Å². The molecule has 4 aliphatic rings. The number of imide groups is 1. The van der Waals surface area contributed by atoms with Gasteiger partial charge in [0.25, 0.3) is 0 Å². The highest BCUT2D eigenvalue weighted by Crippen LogP contribution is 2.55. The highest BCUT2D eigenvalue weighted by atomic mass is 16.4. The molecule has 180 valence electrons. The number of carbonyl (C=O) groups is 5. The van der Waals surface area contributed by atoms with Gasteiger partial charge in [-0.25, -0.2) is 0 Å². The summed E-state index contributed by atoms with van der Waals surface area (Å²) in [6.45, 7) is 1.62. The van der Waals surface area contributed by atoms with Crippen LogP contribution in [-0.2, 0) is 24.0 Å². The van der Waals surface area contributed by atoms with Crippen molar-refractivity contribution < 1.29 is 34.2 Å². The van der Waals surface area contributed by atoms with Crippen molar-refractivity contribution in [1.29, 1.82) is 0 Å². The minimum atomic E-state index is -0.994. The Bertz CT molecular complexity index is 1280. The molecule has 0 aromatic heterocycles. The van der Waals surface area contributed by atoms with Crippen molar-refractivity contribution in [3.63, 3.8) is 0 Å². The predicted octanol–water partition coefficient (Wildman–Crippen LogP) is 2.69. The lowest BCUT2D eigenvalue weighted by atomic mass is 9.59. The Hall–Kier alpha value is -3.81. The molecular weight excluding hydrogens is 450 g/mol. The van der Waals surface area contributed by atoms with Crippen LogP contribution in [0.3, 0.4) is 0 Å². The number of hydrogen-bond acceptors (Lipinski definition) is 6. The number of phenolic OH excluding ortho intramolecular Hbond substituents is 1. The van der Waals surface area contributed by atoms with E-state index in [9.17, 15) is 29.1 Å². The zero-order valence-electron chi connectivity index (χ0n) is 19.2. The Balaban J connectivity index is 1.58. The van der Waals surface area contributed by atoms with Gasteiger partial charge in [-0.2, -0.15) is 0 Å². The minimum absolute atomic E-state index is 0.0105. The van der Waals surface area contributed by atoms with E-state index in [0.717, 1.165) is 10.5 Å². The molecule has 1 aliphatic heterocycles. The second kappa shape index (κ2) is 8.45. The molecule has 35 heavy (non-hydrogen) atoms. The first-order valence-electron chi connectivity index (χ1n) is 11.8. The summed E-state index contributed by atoms with van der Waals surface area (Å²) in [5.41, 5.74) is 2.26. The largest absolute Gasteiger partial charge is 0.508 e. The molecule has 4 atom stereocenters. The average Bonchev–Trinajstić information content (AvgIpc) is 3.06. The standard InChI is InChI=1S/C27H25NO7/c1-13-11-20(30)24-18(25(13)33)12-17-14(22(24)15-5-2-3-6-19(15)29)8-9-16-23(17)27(35)28(26(16)34)10-4-7-21(31)32/h2-3,5-6,8,11,16-17,22-23,29H,4,7,9-10,12H2,1H3,(H,31,32). The van der Waals surface area contributed by atoms with Crippen molar-refractivity contribution >= 4 is 29.4 Å². The number of allylic oxidation sites excluding steroid dienone is 6. The van der Waals surface area contributed by atoms with Crippen LogP contribution in [0.5, 0.6) is 5.75 Å². The van der Waals surface area contributed by atoms with Crippen LogP contribution in [0.15, 0.2) is 58.7 Å². The third kappa shape index (κ3) is 3.55. The third-order valence-electron chi connectivity index (χ3n) is 7.67. The molecule has 1 saturated heterocycles. The Labute approximate surface area is 201 Å². The van der Waals surface area contributed by atoms with Gasteiger partial charge in [0.05, 0.1) is 11.8 Å². The van der Waals surface area contributed by atoms with Gasteiger partial charge in [-0.15, -0.1) is 0 Å². The SMILES string of the molecule is CC1=CC(=O)C2=C(CC3C(=CCC4C(=O)N(CCCC(=O)O)C(=O)C43)C2c2ccccc2O)C1=O. The maximum Gasteiger partial charge on any atom is 0.303 e. The number of aliphatic carboxylic acids is 1.